The molecule has 1 aromatic heterocycles. The molecule has 3 rings (SSSR count). The third kappa shape index (κ3) is 2.73. The van der Waals surface area contributed by atoms with E-state index in [-0.39, 0.29) is 0 Å². The van der Waals surface area contributed by atoms with Gasteiger partial charge in [-0.15, -0.1) is 11.3 Å². The summed E-state index contributed by atoms with van der Waals surface area (Å²) < 4.78 is 1.36. The molecule has 1 saturated heterocycles. The summed E-state index contributed by atoms with van der Waals surface area (Å²) in [5.74, 6) is 0.693. The van der Waals surface area contributed by atoms with Crippen LogP contribution in [-0.4, -0.2) is 49.6 Å². The van der Waals surface area contributed by atoms with Crippen molar-refractivity contribution in [1.82, 2.24) is 9.80 Å². The first-order valence-electron chi connectivity index (χ1n) is 7.68. The Morgan fingerprint density at radius 1 is 1.33 bits per heavy atom. The fourth-order valence-electron chi connectivity index (χ4n) is 3.64. The first-order chi connectivity index (χ1) is 10.1. The van der Waals surface area contributed by atoms with Crippen molar-refractivity contribution in [2.24, 2.45) is 11.7 Å². The van der Waals surface area contributed by atoms with Gasteiger partial charge in [0.15, 0.2) is 0 Å². The molecule has 2 aromatic rings. The first kappa shape index (κ1) is 15.0. The molecule has 0 aliphatic carbocycles. The standard InChI is InChI=1S/C17H25N3S/c1-12-9-20(10-16(12)19(2)3)15(8-18)14-11-21-17-7-5-4-6-13(14)17/h4-7,11-12,15-16H,8-10,18H2,1-3H3. The van der Waals surface area contributed by atoms with E-state index in [2.05, 4.69) is 60.5 Å². The number of hydrogen-bond acceptors (Lipinski definition) is 4. The second-order valence-corrected chi connectivity index (χ2v) is 7.31. The molecule has 2 N–H and O–H groups in total. The van der Waals surface area contributed by atoms with Crippen molar-refractivity contribution < 1.29 is 0 Å². The van der Waals surface area contributed by atoms with Gasteiger partial charge in [-0.05, 0) is 42.4 Å². The fourth-order valence-corrected chi connectivity index (χ4v) is 4.65. The van der Waals surface area contributed by atoms with Crippen LogP contribution < -0.4 is 5.73 Å². The third-order valence-corrected chi connectivity index (χ3v) is 5.78. The summed E-state index contributed by atoms with van der Waals surface area (Å²) in [6.07, 6.45) is 0. The van der Waals surface area contributed by atoms with Crippen LogP contribution in [0.1, 0.15) is 18.5 Å². The zero-order valence-electron chi connectivity index (χ0n) is 13.1. The molecule has 0 radical (unpaired) electrons. The quantitative estimate of drug-likeness (QED) is 0.942. The van der Waals surface area contributed by atoms with Gasteiger partial charge < -0.3 is 10.6 Å². The Hall–Kier alpha value is -0.940. The number of nitrogens with zero attached hydrogens (tertiary/aromatic N) is 2. The van der Waals surface area contributed by atoms with Crippen LogP contribution in [0.25, 0.3) is 10.1 Å². The van der Waals surface area contributed by atoms with Crippen molar-refractivity contribution in [1.29, 1.82) is 0 Å². The lowest BCUT2D eigenvalue weighted by Crippen LogP contribution is -2.36. The summed E-state index contributed by atoms with van der Waals surface area (Å²) in [7, 11) is 4.37. The number of likely N-dealkylation sites (N-methyl/N-ethyl adjacent to an activating group) is 1. The molecule has 1 aliphatic rings. The highest BCUT2D eigenvalue weighted by atomic mass is 32.1. The fraction of sp³-hybridized carbons (Fsp3) is 0.529. The van der Waals surface area contributed by atoms with Gasteiger partial charge in [-0.2, -0.15) is 0 Å². The van der Waals surface area contributed by atoms with Crippen LogP contribution in [0.4, 0.5) is 0 Å². The average molecular weight is 303 g/mol. The maximum absolute atomic E-state index is 6.15. The molecule has 1 fully saturated rings. The van der Waals surface area contributed by atoms with E-state index < -0.39 is 0 Å². The number of hydrogen-bond donors (Lipinski definition) is 1. The molecule has 3 nitrogen and oxygen atoms in total. The topological polar surface area (TPSA) is 32.5 Å². The predicted molar refractivity (Wildman–Crippen MR) is 91.8 cm³/mol. The Balaban J connectivity index is 1.89. The Labute approximate surface area is 131 Å². The second-order valence-electron chi connectivity index (χ2n) is 6.40. The Morgan fingerprint density at radius 2 is 2.10 bits per heavy atom. The van der Waals surface area contributed by atoms with Gasteiger partial charge in [-0.3, -0.25) is 4.90 Å². The van der Waals surface area contributed by atoms with E-state index >= 15 is 0 Å². The minimum atomic E-state index is 0.341. The van der Waals surface area contributed by atoms with Crippen molar-refractivity contribution in [3.05, 3.63) is 35.2 Å². The van der Waals surface area contributed by atoms with Gasteiger partial charge in [-0.25, -0.2) is 0 Å². The SMILES string of the molecule is CC1CN(C(CN)c2csc3ccccc23)CC1N(C)C. The first-order valence-corrected chi connectivity index (χ1v) is 8.56. The molecule has 4 heteroatoms. The van der Waals surface area contributed by atoms with Crippen molar-refractivity contribution >= 4 is 21.4 Å². The van der Waals surface area contributed by atoms with E-state index in [1.54, 1.807) is 0 Å². The van der Waals surface area contributed by atoms with Gasteiger partial charge in [0.25, 0.3) is 0 Å². The van der Waals surface area contributed by atoms with Crippen LogP contribution in [0.2, 0.25) is 0 Å². The summed E-state index contributed by atoms with van der Waals surface area (Å²) in [6.45, 7) is 5.28. The van der Waals surface area contributed by atoms with Crippen LogP contribution >= 0.6 is 11.3 Å². The average Bonchev–Trinajstić information content (AvgIpc) is 3.05. The van der Waals surface area contributed by atoms with E-state index in [0.717, 1.165) is 13.1 Å². The molecule has 114 valence electrons. The molecule has 3 unspecified atom stereocenters. The highest BCUT2D eigenvalue weighted by Crippen LogP contribution is 2.35. The number of benzene rings is 1. The molecule has 1 aliphatic heterocycles. The molecule has 3 atom stereocenters. The highest BCUT2D eigenvalue weighted by molar-refractivity contribution is 7.17. The monoisotopic (exact) mass is 303 g/mol. The number of likely N-dealkylation sites (tertiary alicyclic amines) is 1. The number of fused-ring (bicyclic) bond motifs is 1. The molecule has 0 spiro atoms. The van der Waals surface area contributed by atoms with Crippen molar-refractivity contribution in [3.63, 3.8) is 0 Å². The summed E-state index contributed by atoms with van der Waals surface area (Å²) in [6, 6.07) is 9.64. The smallest absolute Gasteiger partial charge is 0.0485 e. The summed E-state index contributed by atoms with van der Waals surface area (Å²) in [4.78, 5) is 4.92. The molecule has 0 bridgehead atoms. The Bertz CT molecular complexity index is 607. The highest BCUT2D eigenvalue weighted by Gasteiger charge is 2.35. The van der Waals surface area contributed by atoms with Crippen molar-refractivity contribution in [3.8, 4) is 0 Å². The summed E-state index contributed by atoms with van der Waals surface area (Å²) in [5, 5.41) is 3.68. The van der Waals surface area contributed by atoms with Gasteiger partial charge in [0.1, 0.15) is 0 Å². The minimum Gasteiger partial charge on any atom is -0.329 e. The Morgan fingerprint density at radius 3 is 2.76 bits per heavy atom. The molecule has 2 heterocycles. The second kappa shape index (κ2) is 6.05. The normalized spacial score (nSPS) is 25.0. The van der Waals surface area contributed by atoms with E-state index in [1.165, 1.54) is 15.6 Å². The van der Waals surface area contributed by atoms with E-state index in [9.17, 15) is 0 Å². The van der Waals surface area contributed by atoms with Crippen molar-refractivity contribution in [2.45, 2.75) is 19.0 Å². The summed E-state index contributed by atoms with van der Waals surface area (Å²) >= 11 is 1.83. The number of rotatable bonds is 4. The number of nitrogens with two attached hydrogens (primary N) is 1. The molecule has 1 aromatic carbocycles. The molecule has 0 amide bonds. The van der Waals surface area contributed by atoms with Crippen LogP contribution in [-0.2, 0) is 0 Å². The zero-order valence-corrected chi connectivity index (χ0v) is 13.9. The lowest BCUT2D eigenvalue weighted by Gasteiger charge is -2.27. The molecule has 21 heavy (non-hydrogen) atoms. The van der Waals surface area contributed by atoms with Crippen LogP contribution in [0.3, 0.4) is 0 Å². The largest absolute Gasteiger partial charge is 0.329 e. The summed E-state index contributed by atoms with van der Waals surface area (Å²) in [5.41, 5.74) is 7.56. The Kier molecular flexibility index (Phi) is 4.31. The maximum atomic E-state index is 6.15. The van der Waals surface area contributed by atoms with E-state index in [1.807, 2.05) is 11.3 Å². The van der Waals surface area contributed by atoms with E-state index in [4.69, 9.17) is 5.73 Å². The van der Waals surface area contributed by atoms with Crippen LogP contribution in [0.15, 0.2) is 29.6 Å². The van der Waals surface area contributed by atoms with Crippen LogP contribution in [0, 0.1) is 5.92 Å². The van der Waals surface area contributed by atoms with Gasteiger partial charge in [0.05, 0.1) is 0 Å². The van der Waals surface area contributed by atoms with Crippen molar-refractivity contribution in [2.75, 3.05) is 33.7 Å². The van der Waals surface area contributed by atoms with Crippen LogP contribution in [0.5, 0.6) is 0 Å². The number of thiophene rings is 1. The minimum absolute atomic E-state index is 0.341. The molecule has 0 saturated carbocycles. The lowest BCUT2D eigenvalue weighted by atomic mass is 10.0. The zero-order chi connectivity index (χ0) is 15.0. The lowest BCUT2D eigenvalue weighted by molar-refractivity contribution is 0.220. The van der Waals surface area contributed by atoms with Gasteiger partial charge >= 0.3 is 0 Å². The van der Waals surface area contributed by atoms with Gasteiger partial charge in [-0.1, -0.05) is 25.1 Å². The maximum Gasteiger partial charge on any atom is 0.0485 e. The molecular formula is C17H25N3S. The predicted octanol–water partition coefficient (Wildman–Crippen LogP) is 2.78. The molecular weight excluding hydrogens is 278 g/mol. The third-order valence-electron chi connectivity index (χ3n) is 4.80. The van der Waals surface area contributed by atoms with Gasteiger partial charge in [0.2, 0.25) is 0 Å². The van der Waals surface area contributed by atoms with E-state index in [0.29, 0.717) is 24.5 Å². The van der Waals surface area contributed by atoms with Gasteiger partial charge in [0, 0.05) is 36.4 Å².